The molecule has 3 aromatic heterocycles. The summed E-state index contributed by atoms with van der Waals surface area (Å²) in [6.07, 6.45) is 0. The van der Waals surface area contributed by atoms with Crippen LogP contribution in [0.4, 0.5) is 0 Å². The zero-order valence-corrected chi connectivity index (χ0v) is 24.5. The fourth-order valence-corrected chi connectivity index (χ4v) is 7.49. The standard InChI is InChI=1S/C40H25N3S/c1-4-12-26(13-5-1)29-20-21-30-31-22-23-36-38(32-18-10-11-19-35(32)44-36)39(31)43(34(30)24-29)37-25-33(27-14-6-2-7-15-27)41-40(42-37)28-16-8-3-9-17-28/h1-25H. The van der Waals surface area contributed by atoms with E-state index in [0.717, 1.165) is 28.2 Å². The number of hydrogen-bond acceptors (Lipinski definition) is 3. The van der Waals surface area contributed by atoms with Gasteiger partial charge >= 0.3 is 0 Å². The van der Waals surface area contributed by atoms with Crippen LogP contribution in [-0.4, -0.2) is 14.5 Å². The van der Waals surface area contributed by atoms with Crippen LogP contribution in [0.15, 0.2) is 152 Å². The molecule has 44 heavy (non-hydrogen) atoms. The maximum absolute atomic E-state index is 5.30. The van der Waals surface area contributed by atoms with Gasteiger partial charge in [0, 0.05) is 48.1 Å². The van der Waals surface area contributed by atoms with Gasteiger partial charge in [-0.1, -0.05) is 127 Å². The maximum atomic E-state index is 5.30. The molecule has 0 spiro atoms. The van der Waals surface area contributed by atoms with Gasteiger partial charge in [-0.2, -0.15) is 0 Å². The molecule has 0 amide bonds. The van der Waals surface area contributed by atoms with Crippen LogP contribution in [0.3, 0.4) is 0 Å². The molecule has 0 saturated carbocycles. The number of hydrogen-bond donors (Lipinski definition) is 0. The Morgan fingerprint density at radius 3 is 1.89 bits per heavy atom. The summed E-state index contributed by atoms with van der Waals surface area (Å²) in [5, 5.41) is 4.96. The van der Waals surface area contributed by atoms with E-state index in [0.29, 0.717) is 5.82 Å². The minimum absolute atomic E-state index is 0.707. The molecule has 0 radical (unpaired) electrons. The van der Waals surface area contributed by atoms with Gasteiger partial charge in [-0.15, -0.1) is 11.3 Å². The van der Waals surface area contributed by atoms with E-state index in [-0.39, 0.29) is 0 Å². The summed E-state index contributed by atoms with van der Waals surface area (Å²) in [5.74, 6) is 1.56. The molecule has 0 bridgehead atoms. The molecule has 0 atom stereocenters. The highest BCUT2D eigenvalue weighted by Crippen LogP contribution is 2.44. The first-order valence-corrected chi connectivity index (χ1v) is 15.6. The second-order valence-corrected chi connectivity index (χ2v) is 12.1. The van der Waals surface area contributed by atoms with E-state index < -0.39 is 0 Å². The average Bonchev–Trinajstić information content (AvgIpc) is 3.64. The summed E-state index contributed by atoms with van der Waals surface area (Å²) in [7, 11) is 0. The molecule has 0 unspecified atom stereocenters. The third-order valence-electron chi connectivity index (χ3n) is 8.42. The second-order valence-electron chi connectivity index (χ2n) is 11.0. The maximum Gasteiger partial charge on any atom is 0.162 e. The van der Waals surface area contributed by atoms with Gasteiger partial charge in [0.25, 0.3) is 0 Å². The van der Waals surface area contributed by atoms with Crippen molar-refractivity contribution in [3.63, 3.8) is 0 Å². The predicted molar refractivity (Wildman–Crippen MR) is 186 cm³/mol. The Balaban J connectivity index is 1.45. The van der Waals surface area contributed by atoms with E-state index in [9.17, 15) is 0 Å². The van der Waals surface area contributed by atoms with Crippen molar-refractivity contribution < 1.29 is 0 Å². The monoisotopic (exact) mass is 579 g/mol. The SMILES string of the molecule is c1ccc(-c2ccc3c4ccc5sc6ccccc6c5c4n(-c4cc(-c5ccccc5)nc(-c5ccccc5)n4)c3c2)cc1. The lowest BCUT2D eigenvalue weighted by molar-refractivity contribution is 1.05. The molecule has 0 fully saturated rings. The quantitative estimate of drug-likeness (QED) is 0.208. The number of rotatable bonds is 4. The minimum atomic E-state index is 0.707. The van der Waals surface area contributed by atoms with Crippen LogP contribution in [0.1, 0.15) is 0 Å². The number of benzene rings is 6. The van der Waals surface area contributed by atoms with Gasteiger partial charge in [-0.05, 0) is 29.3 Å². The largest absolute Gasteiger partial charge is 0.293 e. The van der Waals surface area contributed by atoms with Crippen LogP contribution in [0, 0.1) is 0 Å². The highest BCUT2D eigenvalue weighted by Gasteiger charge is 2.21. The summed E-state index contributed by atoms with van der Waals surface area (Å²) in [6.45, 7) is 0. The second kappa shape index (κ2) is 10.0. The summed E-state index contributed by atoms with van der Waals surface area (Å²) < 4.78 is 4.93. The molecule has 0 aliphatic heterocycles. The van der Waals surface area contributed by atoms with Gasteiger partial charge in [0.2, 0.25) is 0 Å². The third kappa shape index (κ3) is 3.96. The zero-order chi connectivity index (χ0) is 29.0. The Labute approximate surface area is 258 Å². The Hall–Kier alpha value is -5.58. The molecule has 9 rings (SSSR count). The van der Waals surface area contributed by atoms with Crippen LogP contribution in [0.5, 0.6) is 0 Å². The van der Waals surface area contributed by atoms with Crippen molar-refractivity contribution >= 4 is 53.3 Å². The molecular weight excluding hydrogens is 555 g/mol. The molecule has 9 aromatic rings. The number of nitrogens with zero attached hydrogens (tertiary/aromatic N) is 3. The van der Waals surface area contributed by atoms with Gasteiger partial charge in [-0.25, -0.2) is 9.97 Å². The lowest BCUT2D eigenvalue weighted by Gasteiger charge is -2.13. The molecular formula is C40H25N3S. The highest BCUT2D eigenvalue weighted by atomic mass is 32.1. The fourth-order valence-electron chi connectivity index (χ4n) is 6.38. The number of fused-ring (bicyclic) bond motifs is 7. The van der Waals surface area contributed by atoms with Crippen molar-refractivity contribution in [3.05, 3.63) is 152 Å². The summed E-state index contributed by atoms with van der Waals surface area (Å²) >= 11 is 1.84. The Bertz CT molecular complexity index is 2420. The van der Waals surface area contributed by atoms with E-state index in [2.05, 4.69) is 132 Å². The van der Waals surface area contributed by atoms with Crippen molar-refractivity contribution in [2.45, 2.75) is 0 Å². The van der Waals surface area contributed by atoms with E-state index in [1.165, 1.54) is 47.6 Å². The van der Waals surface area contributed by atoms with Gasteiger partial charge in [0.1, 0.15) is 5.82 Å². The van der Waals surface area contributed by atoms with E-state index in [4.69, 9.17) is 9.97 Å². The smallest absolute Gasteiger partial charge is 0.162 e. The minimum Gasteiger partial charge on any atom is -0.293 e. The average molecular weight is 580 g/mol. The zero-order valence-electron chi connectivity index (χ0n) is 23.7. The molecule has 3 heterocycles. The summed E-state index contributed by atoms with van der Waals surface area (Å²) in [4.78, 5) is 10.4. The van der Waals surface area contributed by atoms with Gasteiger partial charge in [0.15, 0.2) is 5.82 Å². The molecule has 0 saturated heterocycles. The van der Waals surface area contributed by atoms with Crippen molar-refractivity contribution in [1.29, 1.82) is 0 Å². The third-order valence-corrected chi connectivity index (χ3v) is 9.55. The number of thiophene rings is 1. The van der Waals surface area contributed by atoms with Crippen molar-refractivity contribution in [3.8, 4) is 39.6 Å². The van der Waals surface area contributed by atoms with Gasteiger partial charge < -0.3 is 0 Å². The van der Waals surface area contributed by atoms with Gasteiger partial charge in [-0.3, -0.25) is 4.57 Å². The first-order valence-electron chi connectivity index (χ1n) is 14.8. The van der Waals surface area contributed by atoms with Crippen molar-refractivity contribution in [2.75, 3.05) is 0 Å². The van der Waals surface area contributed by atoms with E-state index in [1.54, 1.807) is 0 Å². The molecule has 206 valence electrons. The molecule has 0 aliphatic rings. The normalized spacial score (nSPS) is 11.6. The predicted octanol–water partition coefficient (Wildman–Crippen LogP) is 10.9. The van der Waals surface area contributed by atoms with Crippen molar-refractivity contribution in [1.82, 2.24) is 14.5 Å². The summed E-state index contributed by atoms with van der Waals surface area (Å²) in [6, 6.07) is 53.5. The number of aromatic nitrogens is 3. The lowest BCUT2D eigenvalue weighted by atomic mass is 10.0. The van der Waals surface area contributed by atoms with E-state index in [1.807, 2.05) is 35.6 Å². The highest BCUT2D eigenvalue weighted by molar-refractivity contribution is 7.26. The Morgan fingerprint density at radius 1 is 0.455 bits per heavy atom. The topological polar surface area (TPSA) is 30.7 Å². The molecule has 0 N–H and O–H groups in total. The van der Waals surface area contributed by atoms with Crippen LogP contribution in [-0.2, 0) is 0 Å². The van der Waals surface area contributed by atoms with Crippen LogP contribution in [0.25, 0.3) is 81.6 Å². The molecule has 3 nitrogen and oxygen atoms in total. The lowest BCUT2D eigenvalue weighted by Crippen LogP contribution is -2.02. The van der Waals surface area contributed by atoms with Crippen molar-refractivity contribution in [2.24, 2.45) is 0 Å². The van der Waals surface area contributed by atoms with Gasteiger partial charge in [0.05, 0.1) is 16.7 Å². The van der Waals surface area contributed by atoms with Crippen LogP contribution in [0.2, 0.25) is 0 Å². The first kappa shape index (κ1) is 25.0. The Kier molecular flexibility index (Phi) is 5.68. The molecule has 0 aliphatic carbocycles. The fraction of sp³-hybridized carbons (Fsp3) is 0. The first-order chi connectivity index (χ1) is 21.8. The summed E-state index contributed by atoms with van der Waals surface area (Å²) in [5.41, 5.74) is 7.61. The molecule has 6 aromatic carbocycles. The Morgan fingerprint density at radius 2 is 1.11 bits per heavy atom. The van der Waals surface area contributed by atoms with Crippen LogP contribution < -0.4 is 0 Å². The van der Waals surface area contributed by atoms with E-state index >= 15 is 0 Å². The molecule has 4 heteroatoms. The van der Waals surface area contributed by atoms with Crippen LogP contribution >= 0.6 is 11.3 Å².